The number of carbonyl (C=O) groups excluding carboxylic acids is 1. The van der Waals surface area contributed by atoms with Gasteiger partial charge in [0.2, 0.25) is 11.9 Å². The average Bonchev–Trinajstić information content (AvgIpc) is 3.55. The number of ether oxygens (including phenoxy) is 1. The van der Waals surface area contributed by atoms with Crippen LogP contribution in [0.25, 0.3) is 11.1 Å². The molecule has 2 bridgehead atoms. The van der Waals surface area contributed by atoms with E-state index in [2.05, 4.69) is 37.7 Å². The minimum absolute atomic E-state index is 0.137. The third-order valence-electron chi connectivity index (χ3n) is 6.91. The third-order valence-corrected chi connectivity index (χ3v) is 6.91. The van der Waals surface area contributed by atoms with Gasteiger partial charge in [0.25, 0.3) is 0 Å². The van der Waals surface area contributed by atoms with Gasteiger partial charge >= 0.3 is 0 Å². The van der Waals surface area contributed by atoms with E-state index in [9.17, 15) is 9.18 Å². The average molecular weight is 465 g/mol. The highest BCUT2D eigenvalue weighted by Gasteiger charge is 2.47. The lowest BCUT2D eigenvalue weighted by atomic mass is 9.88. The van der Waals surface area contributed by atoms with E-state index in [1.54, 1.807) is 12.3 Å². The van der Waals surface area contributed by atoms with Gasteiger partial charge in [-0.2, -0.15) is 4.98 Å². The van der Waals surface area contributed by atoms with Crippen LogP contribution in [0.4, 0.5) is 27.5 Å². The molecule has 1 aromatic carbocycles. The molecule has 3 aromatic rings. The Bertz CT molecular complexity index is 1270. The second-order valence-corrected chi connectivity index (χ2v) is 9.00. The standard InChI is InChI=1S/C24H25FN6O3/c25-15-10-16(12-17(11-15)31-4-7-33-8-5-31)27-24-28-18-3-6-34-21(18)23(30-24)29-20-14-2-1-13(9-14)19(20)22(26)32/h1-3,6,10-14,19-20H,4-5,7-9H2,(H2,26,32)(H2,27,28,29,30)/t13-,14+,19+,20-/m1/s1. The molecule has 9 nitrogen and oxygen atoms in total. The Balaban J connectivity index is 1.30. The topological polar surface area (TPSA) is 119 Å². The Kier molecular flexibility index (Phi) is 5.09. The first-order valence-electron chi connectivity index (χ1n) is 11.4. The Morgan fingerprint density at radius 2 is 1.97 bits per heavy atom. The number of hydrogen-bond donors (Lipinski definition) is 3. The molecule has 1 saturated heterocycles. The van der Waals surface area contributed by atoms with Gasteiger partial charge in [0.15, 0.2) is 11.4 Å². The zero-order chi connectivity index (χ0) is 23.2. The fraction of sp³-hybridized carbons (Fsp3) is 0.375. The number of aromatic nitrogens is 2. The minimum atomic E-state index is -0.354. The van der Waals surface area contributed by atoms with Gasteiger partial charge in [-0.05, 0) is 36.5 Å². The van der Waals surface area contributed by atoms with E-state index in [0.29, 0.717) is 54.9 Å². The fourth-order valence-electron chi connectivity index (χ4n) is 5.36. The molecular weight excluding hydrogens is 439 g/mol. The SMILES string of the molecule is NC(=O)[C@@H]1[C@H](Nc2nc(Nc3cc(F)cc(N4CCOCC4)c3)nc3ccoc23)[C@H]2C=C[C@@H]1C2. The monoisotopic (exact) mass is 464 g/mol. The van der Waals surface area contributed by atoms with Crippen molar-refractivity contribution >= 4 is 40.1 Å². The number of rotatable bonds is 6. The first kappa shape index (κ1) is 20.9. The summed E-state index contributed by atoms with van der Waals surface area (Å²) in [7, 11) is 0. The number of benzene rings is 1. The molecule has 176 valence electrons. The highest BCUT2D eigenvalue weighted by molar-refractivity contribution is 5.86. The molecular formula is C24H25FN6O3. The minimum Gasteiger partial charge on any atom is -0.459 e. The zero-order valence-electron chi connectivity index (χ0n) is 18.4. The number of fused-ring (bicyclic) bond motifs is 3. The van der Waals surface area contributed by atoms with E-state index < -0.39 is 0 Å². The van der Waals surface area contributed by atoms with Crippen molar-refractivity contribution in [1.29, 1.82) is 0 Å². The van der Waals surface area contributed by atoms with Gasteiger partial charge in [-0.25, -0.2) is 9.37 Å². The van der Waals surface area contributed by atoms with Crippen molar-refractivity contribution in [2.75, 3.05) is 41.8 Å². The summed E-state index contributed by atoms with van der Waals surface area (Å²) < 4.78 is 25.5. The Morgan fingerprint density at radius 3 is 2.79 bits per heavy atom. The number of nitrogens with two attached hydrogens (primary N) is 1. The lowest BCUT2D eigenvalue weighted by molar-refractivity contribution is -0.122. The van der Waals surface area contributed by atoms with Crippen LogP contribution in [0.3, 0.4) is 0 Å². The number of nitrogens with zero attached hydrogens (tertiary/aromatic N) is 3. The van der Waals surface area contributed by atoms with Gasteiger partial charge in [-0.1, -0.05) is 12.2 Å². The van der Waals surface area contributed by atoms with Crippen LogP contribution in [0.1, 0.15) is 6.42 Å². The number of anilines is 4. The highest BCUT2D eigenvalue weighted by Crippen LogP contribution is 2.45. The summed E-state index contributed by atoms with van der Waals surface area (Å²) in [5.74, 6) is 0.102. The first-order chi connectivity index (χ1) is 16.5. The van der Waals surface area contributed by atoms with Crippen LogP contribution in [0.5, 0.6) is 0 Å². The largest absolute Gasteiger partial charge is 0.459 e. The molecule has 2 fully saturated rings. The van der Waals surface area contributed by atoms with Crippen LogP contribution >= 0.6 is 0 Å². The molecule has 1 aliphatic heterocycles. The number of hydrogen-bond acceptors (Lipinski definition) is 8. The molecule has 1 saturated carbocycles. The molecule has 3 aliphatic rings. The maximum absolute atomic E-state index is 14.4. The van der Waals surface area contributed by atoms with E-state index in [1.165, 1.54) is 12.1 Å². The Morgan fingerprint density at radius 1 is 1.15 bits per heavy atom. The summed E-state index contributed by atoms with van der Waals surface area (Å²) in [4.78, 5) is 23.4. The normalized spacial score (nSPS) is 25.7. The van der Waals surface area contributed by atoms with Crippen molar-refractivity contribution in [3.63, 3.8) is 0 Å². The maximum atomic E-state index is 14.4. The van der Waals surface area contributed by atoms with Gasteiger partial charge in [0.05, 0.1) is 25.4 Å². The second kappa shape index (κ2) is 8.28. The van der Waals surface area contributed by atoms with E-state index in [1.807, 2.05) is 6.07 Å². The van der Waals surface area contributed by atoms with Crippen molar-refractivity contribution in [2.24, 2.45) is 23.5 Å². The Hall–Kier alpha value is -3.66. The van der Waals surface area contributed by atoms with Crippen LogP contribution in [0, 0.1) is 23.6 Å². The molecule has 6 rings (SSSR count). The molecule has 4 atom stereocenters. The quantitative estimate of drug-likeness (QED) is 0.477. The molecule has 10 heteroatoms. The molecule has 2 aromatic heterocycles. The van der Waals surface area contributed by atoms with Crippen molar-refractivity contribution in [3.8, 4) is 0 Å². The van der Waals surface area contributed by atoms with Crippen LogP contribution < -0.4 is 21.3 Å². The number of allylic oxidation sites excluding steroid dienone is 1. The molecule has 2 aliphatic carbocycles. The van der Waals surface area contributed by atoms with Gasteiger partial charge in [0.1, 0.15) is 11.3 Å². The summed E-state index contributed by atoms with van der Waals surface area (Å²) in [6.07, 6.45) is 6.63. The highest BCUT2D eigenvalue weighted by atomic mass is 19.1. The number of primary amides is 1. The van der Waals surface area contributed by atoms with E-state index >= 15 is 0 Å². The van der Waals surface area contributed by atoms with Gasteiger partial charge in [-0.3, -0.25) is 4.79 Å². The molecule has 0 radical (unpaired) electrons. The molecule has 0 unspecified atom stereocenters. The predicted molar refractivity (Wildman–Crippen MR) is 125 cm³/mol. The lowest BCUT2D eigenvalue weighted by Gasteiger charge is -2.29. The lowest BCUT2D eigenvalue weighted by Crippen LogP contribution is -2.41. The molecule has 34 heavy (non-hydrogen) atoms. The smallest absolute Gasteiger partial charge is 0.229 e. The van der Waals surface area contributed by atoms with Crippen LogP contribution in [0.2, 0.25) is 0 Å². The van der Waals surface area contributed by atoms with Gasteiger partial charge in [0, 0.05) is 36.6 Å². The van der Waals surface area contributed by atoms with Crippen LogP contribution in [-0.4, -0.2) is 48.2 Å². The molecule has 0 spiro atoms. The molecule has 1 amide bonds. The van der Waals surface area contributed by atoms with E-state index in [4.69, 9.17) is 14.9 Å². The summed E-state index contributed by atoms with van der Waals surface area (Å²) >= 11 is 0. The number of nitrogens with one attached hydrogen (secondary N) is 2. The van der Waals surface area contributed by atoms with Gasteiger partial charge < -0.3 is 30.4 Å². The summed E-state index contributed by atoms with van der Waals surface area (Å²) in [6.45, 7) is 2.62. The van der Waals surface area contributed by atoms with Crippen LogP contribution in [0.15, 0.2) is 47.1 Å². The number of amides is 1. The first-order valence-corrected chi connectivity index (χ1v) is 11.4. The summed E-state index contributed by atoms with van der Waals surface area (Å²) in [5.41, 5.74) is 8.11. The van der Waals surface area contributed by atoms with Crippen LogP contribution in [-0.2, 0) is 9.53 Å². The maximum Gasteiger partial charge on any atom is 0.229 e. The van der Waals surface area contributed by atoms with Crippen molar-refractivity contribution in [3.05, 3.63) is 48.5 Å². The predicted octanol–water partition coefficient (Wildman–Crippen LogP) is 3.03. The third kappa shape index (κ3) is 3.73. The second-order valence-electron chi connectivity index (χ2n) is 9.00. The molecule has 3 heterocycles. The number of furan rings is 1. The van der Waals surface area contributed by atoms with E-state index in [0.717, 1.165) is 12.1 Å². The molecule has 4 N–H and O–H groups in total. The number of carbonyl (C=O) groups is 1. The summed E-state index contributed by atoms with van der Waals surface area (Å²) in [6, 6.07) is 6.35. The zero-order valence-corrected chi connectivity index (χ0v) is 18.4. The number of halogens is 1. The Labute approximate surface area is 195 Å². The van der Waals surface area contributed by atoms with E-state index in [-0.39, 0.29) is 35.5 Å². The number of morpholine rings is 1. The fourth-order valence-corrected chi connectivity index (χ4v) is 5.36. The van der Waals surface area contributed by atoms with Crippen molar-refractivity contribution < 1.29 is 18.3 Å². The van der Waals surface area contributed by atoms with Crippen molar-refractivity contribution in [1.82, 2.24) is 9.97 Å². The van der Waals surface area contributed by atoms with Gasteiger partial charge in [-0.15, -0.1) is 0 Å². The summed E-state index contributed by atoms with van der Waals surface area (Å²) in [5, 5.41) is 6.53. The van der Waals surface area contributed by atoms with Crippen molar-refractivity contribution in [2.45, 2.75) is 12.5 Å².